The first kappa shape index (κ1) is 21.0. The van der Waals surface area contributed by atoms with Crippen LogP contribution in [0.15, 0.2) is 42.5 Å². The van der Waals surface area contributed by atoms with Gasteiger partial charge in [0, 0.05) is 22.9 Å². The zero-order chi connectivity index (χ0) is 22.1. The van der Waals surface area contributed by atoms with Crippen LogP contribution in [0.5, 0.6) is 5.75 Å². The maximum atomic E-state index is 14.4. The molecule has 166 valence electrons. The fraction of sp³-hybridized carbons (Fsp3) is 0.333. The topological polar surface area (TPSA) is 65.4 Å². The van der Waals surface area contributed by atoms with Gasteiger partial charge in [0.1, 0.15) is 23.9 Å². The lowest BCUT2D eigenvalue weighted by Crippen LogP contribution is -2.19. The molecule has 1 fully saturated rings. The van der Waals surface area contributed by atoms with E-state index in [9.17, 15) is 9.18 Å². The first-order chi connectivity index (χ1) is 15.6. The number of halogens is 2. The second kappa shape index (κ2) is 8.92. The van der Waals surface area contributed by atoms with Crippen molar-refractivity contribution in [3.05, 3.63) is 70.3 Å². The standard InChI is InChI=1S/C24H23ClFN3O3/c25-15-10-11-22(32-14-16-5-4-12-31-16)19(13-15)27-24(30)23-17-6-3-9-20(17)29(28-23)21-8-2-1-7-18(21)26/h1-2,7-8,10-11,13,16H,3-6,9,12,14H2,(H,27,30). The van der Waals surface area contributed by atoms with E-state index in [0.29, 0.717) is 34.4 Å². The lowest BCUT2D eigenvalue weighted by Gasteiger charge is -2.15. The lowest BCUT2D eigenvalue weighted by molar-refractivity contribution is 0.0682. The first-order valence-corrected chi connectivity index (χ1v) is 11.2. The van der Waals surface area contributed by atoms with Gasteiger partial charge in [0.25, 0.3) is 5.91 Å². The number of anilines is 1. The van der Waals surface area contributed by atoms with Crippen LogP contribution in [0, 0.1) is 5.82 Å². The Hall–Kier alpha value is -2.90. The molecular formula is C24H23ClFN3O3. The van der Waals surface area contributed by atoms with Gasteiger partial charge in [0.15, 0.2) is 5.69 Å². The molecule has 2 heterocycles. The van der Waals surface area contributed by atoms with Crippen molar-refractivity contribution in [3.8, 4) is 11.4 Å². The number of ether oxygens (including phenoxy) is 2. The monoisotopic (exact) mass is 455 g/mol. The van der Waals surface area contributed by atoms with Crippen molar-refractivity contribution in [2.24, 2.45) is 0 Å². The number of rotatable bonds is 6. The van der Waals surface area contributed by atoms with Crippen molar-refractivity contribution in [3.63, 3.8) is 0 Å². The third-order valence-corrected chi connectivity index (χ3v) is 6.10. The number of aromatic nitrogens is 2. The molecule has 0 saturated carbocycles. The zero-order valence-corrected chi connectivity index (χ0v) is 18.2. The molecule has 32 heavy (non-hydrogen) atoms. The summed E-state index contributed by atoms with van der Waals surface area (Å²) in [6.45, 7) is 1.15. The molecule has 1 atom stereocenters. The van der Waals surface area contributed by atoms with E-state index in [2.05, 4.69) is 10.4 Å². The average Bonchev–Trinajstić information content (AvgIpc) is 3.52. The highest BCUT2D eigenvalue weighted by Gasteiger charge is 2.28. The minimum Gasteiger partial charge on any atom is -0.489 e. The van der Waals surface area contributed by atoms with Crippen LogP contribution in [0.3, 0.4) is 0 Å². The maximum Gasteiger partial charge on any atom is 0.276 e. The van der Waals surface area contributed by atoms with E-state index in [1.54, 1.807) is 41.1 Å². The van der Waals surface area contributed by atoms with Gasteiger partial charge in [-0.05, 0) is 62.4 Å². The summed E-state index contributed by atoms with van der Waals surface area (Å²) in [7, 11) is 0. The first-order valence-electron chi connectivity index (χ1n) is 10.8. The average molecular weight is 456 g/mol. The molecule has 1 unspecified atom stereocenters. The Bertz CT molecular complexity index is 1160. The Morgan fingerprint density at radius 1 is 1.25 bits per heavy atom. The Morgan fingerprint density at radius 2 is 2.12 bits per heavy atom. The van der Waals surface area contributed by atoms with Gasteiger partial charge in [-0.3, -0.25) is 4.79 Å². The van der Waals surface area contributed by atoms with Gasteiger partial charge in [0.2, 0.25) is 0 Å². The number of fused-ring (bicyclic) bond motifs is 1. The molecule has 1 aliphatic carbocycles. The predicted molar refractivity (Wildman–Crippen MR) is 119 cm³/mol. The van der Waals surface area contributed by atoms with Crippen LogP contribution in [0.4, 0.5) is 10.1 Å². The summed E-state index contributed by atoms with van der Waals surface area (Å²) in [5.41, 5.74) is 2.84. The largest absolute Gasteiger partial charge is 0.489 e. The molecule has 2 aliphatic rings. The van der Waals surface area contributed by atoms with Crippen LogP contribution < -0.4 is 10.1 Å². The number of hydrogen-bond donors (Lipinski definition) is 1. The number of amides is 1. The predicted octanol–water partition coefficient (Wildman–Crippen LogP) is 4.96. The van der Waals surface area contributed by atoms with Gasteiger partial charge in [-0.1, -0.05) is 23.7 Å². The second-order valence-corrected chi connectivity index (χ2v) is 8.47. The van der Waals surface area contributed by atoms with Crippen molar-refractivity contribution in [1.82, 2.24) is 9.78 Å². The van der Waals surface area contributed by atoms with Crippen LogP contribution in [0.2, 0.25) is 5.02 Å². The number of hydrogen-bond acceptors (Lipinski definition) is 4. The van der Waals surface area contributed by atoms with Crippen molar-refractivity contribution < 1.29 is 18.7 Å². The van der Waals surface area contributed by atoms with Crippen LogP contribution in [-0.2, 0) is 17.6 Å². The normalized spacial score (nSPS) is 17.4. The van der Waals surface area contributed by atoms with Gasteiger partial charge in [0.05, 0.1) is 11.8 Å². The van der Waals surface area contributed by atoms with Gasteiger partial charge < -0.3 is 14.8 Å². The third-order valence-electron chi connectivity index (χ3n) is 5.86. The van der Waals surface area contributed by atoms with Crippen molar-refractivity contribution in [1.29, 1.82) is 0 Å². The molecule has 0 bridgehead atoms. The maximum absolute atomic E-state index is 14.4. The molecule has 0 radical (unpaired) electrons. The molecule has 3 aromatic rings. The van der Waals surface area contributed by atoms with E-state index in [1.165, 1.54) is 6.07 Å². The van der Waals surface area contributed by atoms with E-state index in [-0.39, 0.29) is 17.8 Å². The van der Waals surface area contributed by atoms with E-state index >= 15 is 0 Å². The van der Waals surface area contributed by atoms with Crippen LogP contribution in [0.25, 0.3) is 5.69 Å². The summed E-state index contributed by atoms with van der Waals surface area (Å²) >= 11 is 6.18. The summed E-state index contributed by atoms with van der Waals surface area (Å²) in [5.74, 6) is -0.234. The molecule has 8 heteroatoms. The molecule has 6 nitrogen and oxygen atoms in total. The SMILES string of the molecule is O=C(Nc1cc(Cl)ccc1OCC1CCCO1)c1nn(-c2ccccc2F)c2c1CCC2. The third kappa shape index (κ3) is 4.10. The Morgan fingerprint density at radius 3 is 2.94 bits per heavy atom. The molecule has 2 aromatic carbocycles. The van der Waals surface area contributed by atoms with E-state index < -0.39 is 0 Å². The van der Waals surface area contributed by atoms with Gasteiger partial charge >= 0.3 is 0 Å². The highest BCUT2D eigenvalue weighted by Crippen LogP contribution is 2.32. The number of benzene rings is 2. The van der Waals surface area contributed by atoms with Gasteiger partial charge in [-0.2, -0.15) is 5.10 Å². The molecule has 0 spiro atoms. The van der Waals surface area contributed by atoms with Crippen LogP contribution in [0.1, 0.15) is 41.0 Å². The molecule has 1 amide bonds. The fourth-order valence-corrected chi connectivity index (χ4v) is 4.48. The summed E-state index contributed by atoms with van der Waals surface area (Å²) in [6, 6.07) is 11.5. The van der Waals surface area contributed by atoms with E-state index in [1.807, 2.05) is 0 Å². The highest BCUT2D eigenvalue weighted by molar-refractivity contribution is 6.31. The number of carbonyl (C=O) groups excluding carboxylic acids is 1. The highest BCUT2D eigenvalue weighted by atomic mass is 35.5. The van der Waals surface area contributed by atoms with Crippen molar-refractivity contribution in [2.45, 2.75) is 38.2 Å². The van der Waals surface area contributed by atoms with Crippen LogP contribution >= 0.6 is 11.6 Å². The Kier molecular flexibility index (Phi) is 5.85. The summed E-state index contributed by atoms with van der Waals surface area (Å²) < 4.78 is 27.5. The Balaban J connectivity index is 1.42. The number of carbonyl (C=O) groups is 1. The quantitative estimate of drug-likeness (QED) is 0.570. The minimum absolute atomic E-state index is 0.0500. The van der Waals surface area contributed by atoms with E-state index in [0.717, 1.165) is 50.0 Å². The number of para-hydroxylation sites is 1. The smallest absolute Gasteiger partial charge is 0.276 e. The van der Waals surface area contributed by atoms with Crippen molar-refractivity contribution >= 4 is 23.2 Å². The number of nitrogens with zero attached hydrogens (tertiary/aromatic N) is 2. The lowest BCUT2D eigenvalue weighted by atomic mass is 10.2. The van der Waals surface area contributed by atoms with Crippen molar-refractivity contribution in [2.75, 3.05) is 18.5 Å². The second-order valence-electron chi connectivity index (χ2n) is 8.03. The molecule has 5 rings (SSSR count). The molecule has 1 aliphatic heterocycles. The van der Waals surface area contributed by atoms with Gasteiger partial charge in [-0.15, -0.1) is 0 Å². The molecule has 1 saturated heterocycles. The van der Waals surface area contributed by atoms with E-state index in [4.69, 9.17) is 21.1 Å². The summed E-state index contributed by atoms with van der Waals surface area (Å²) in [4.78, 5) is 13.2. The molecular weight excluding hydrogens is 433 g/mol. The summed E-state index contributed by atoms with van der Waals surface area (Å²) in [5, 5.41) is 7.86. The van der Waals surface area contributed by atoms with Crippen LogP contribution in [-0.4, -0.2) is 35.0 Å². The zero-order valence-electron chi connectivity index (χ0n) is 17.4. The molecule has 1 N–H and O–H groups in total. The molecule has 1 aromatic heterocycles. The number of nitrogens with one attached hydrogen (secondary N) is 1. The minimum atomic E-state index is -0.378. The van der Waals surface area contributed by atoms with Gasteiger partial charge in [-0.25, -0.2) is 9.07 Å². The Labute approximate surface area is 190 Å². The summed E-state index contributed by atoms with van der Waals surface area (Å²) in [6.07, 6.45) is 4.40. The fourth-order valence-electron chi connectivity index (χ4n) is 4.31.